The molecule has 0 aliphatic carbocycles. The van der Waals surface area contributed by atoms with E-state index >= 15 is 0 Å². The van der Waals surface area contributed by atoms with Crippen LogP contribution in [-0.2, 0) is 4.79 Å². The summed E-state index contributed by atoms with van der Waals surface area (Å²) in [4.78, 5) is 22.0. The van der Waals surface area contributed by atoms with Gasteiger partial charge in [-0.25, -0.2) is 4.39 Å². The van der Waals surface area contributed by atoms with E-state index in [0.29, 0.717) is 0 Å². The fourth-order valence-electron chi connectivity index (χ4n) is 0.980. The van der Waals surface area contributed by atoms with Crippen LogP contribution in [0.4, 0.5) is 4.39 Å². The summed E-state index contributed by atoms with van der Waals surface area (Å²) in [6.45, 7) is 1.01. The molecule has 0 radical (unpaired) electrons. The molecule has 0 heterocycles. The molecule has 0 aromatic heterocycles. The highest BCUT2D eigenvalue weighted by molar-refractivity contribution is 6.42. The van der Waals surface area contributed by atoms with E-state index < -0.39 is 17.7 Å². The molecule has 0 saturated heterocycles. The first kappa shape index (κ1) is 12.1. The van der Waals surface area contributed by atoms with Crippen LogP contribution in [0.2, 0.25) is 10.0 Å². The predicted octanol–water partition coefficient (Wildman–Crippen LogP) is 3.10. The van der Waals surface area contributed by atoms with E-state index in [1.54, 1.807) is 0 Å². The van der Waals surface area contributed by atoms with Gasteiger partial charge >= 0.3 is 0 Å². The van der Waals surface area contributed by atoms with E-state index in [0.717, 1.165) is 6.92 Å². The minimum absolute atomic E-state index is 0.0344. The van der Waals surface area contributed by atoms with Crippen LogP contribution in [0.3, 0.4) is 0 Å². The Kier molecular flexibility index (Phi) is 3.83. The summed E-state index contributed by atoms with van der Waals surface area (Å²) in [6, 6.07) is 3.94. The zero-order valence-corrected chi connectivity index (χ0v) is 9.27. The Morgan fingerprint density at radius 3 is 2.33 bits per heavy atom. The van der Waals surface area contributed by atoms with Crippen LogP contribution < -0.4 is 0 Å². The number of hydrogen-bond acceptors (Lipinski definition) is 2. The van der Waals surface area contributed by atoms with Crippen molar-refractivity contribution in [2.45, 2.75) is 13.1 Å². The zero-order chi connectivity index (χ0) is 11.6. The average Bonchev–Trinajstić information content (AvgIpc) is 2.19. The van der Waals surface area contributed by atoms with Crippen molar-refractivity contribution in [3.63, 3.8) is 0 Å². The number of Topliss-reactive ketones (excluding diaryl/α,β-unsaturated/α-hetero) is 2. The molecule has 0 fully saturated rings. The summed E-state index contributed by atoms with van der Waals surface area (Å²) in [5, 5.41) is 0.421. The van der Waals surface area contributed by atoms with Crippen LogP contribution in [0.5, 0.6) is 0 Å². The van der Waals surface area contributed by atoms with Gasteiger partial charge in [-0.15, -0.1) is 0 Å². The van der Waals surface area contributed by atoms with Crippen LogP contribution in [0.1, 0.15) is 17.3 Å². The molecular formula is C10H7Cl2FO2. The smallest absolute Gasteiger partial charge is 0.220 e. The summed E-state index contributed by atoms with van der Waals surface area (Å²) < 4.78 is 13.1. The topological polar surface area (TPSA) is 34.1 Å². The average molecular weight is 249 g/mol. The number of carbonyl (C=O) groups excluding carboxylic acids is 2. The third-order valence-electron chi connectivity index (χ3n) is 1.79. The molecule has 0 amide bonds. The van der Waals surface area contributed by atoms with Crippen molar-refractivity contribution in [2.75, 3.05) is 0 Å². The number of alkyl halides is 1. The summed E-state index contributed by atoms with van der Waals surface area (Å²) in [5.41, 5.74) is 0.0344. The molecule has 0 aliphatic rings. The van der Waals surface area contributed by atoms with Crippen molar-refractivity contribution in [1.29, 1.82) is 0 Å². The van der Waals surface area contributed by atoms with Crippen LogP contribution in [-0.4, -0.2) is 17.7 Å². The van der Waals surface area contributed by atoms with Crippen molar-refractivity contribution in [3.8, 4) is 0 Å². The lowest BCUT2D eigenvalue weighted by Gasteiger charge is -2.04. The third-order valence-corrected chi connectivity index (χ3v) is 2.53. The van der Waals surface area contributed by atoms with Crippen LogP contribution >= 0.6 is 23.2 Å². The number of ketones is 2. The van der Waals surface area contributed by atoms with Crippen molar-refractivity contribution in [1.82, 2.24) is 0 Å². The van der Waals surface area contributed by atoms with Gasteiger partial charge in [0.2, 0.25) is 12.0 Å². The maximum absolute atomic E-state index is 13.1. The number of halogens is 3. The molecule has 1 aromatic rings. The Balaban J connectivity index is 3.02. The van der Waals surface area contributed by atoms with Crippen molar-refractivity contribution in [2.24, 2.45) is 0 Å². The zero-order valence-electron chi connectivity index (χ0n) is 7.76. The van der Waals surface area contributed by atoms with Crippen LogP contribution in [0, 0.1) is 0 Å². The van der Waals surface area contributed by atoms with Gasteiger partial charge in [-0.2, -0.15) is 0 Å². The van der Waals surface area contributed by atoms with Crippen molar-refractivity contribution in [3.05, 3.63) is 33.8 Å². The second kappa shape index (κ2) is 4.73. The summed E-state index contributed by atoms with van der Waals surface area (Å²) >= 11 is 11.3. The van der Waals surface area contributed by atoms with E-state index in [9.17, 15) is 14.0 Å². The molecular weight excluding hydrogens is 242 g/mol. The molecule has 1 rings (SSSR count). The minimum atomic E-state index is -2.14. The largest absolute Gasteiger partial charge is 0.296 e. The monoisotopic (exact) mass is 248 g/mol. The fourth-order valence-corrected chi connectivity index (χ4v) is 1.28. The van der Waals surface area contributed by atoms with E-state index in [2.05, 4.69) is 0 Å². The predicted molar refractivity (Wildman–Crippen MR) is 56.4 cm³/mol. The maximum Gasteiger partial charge on any atom is 0.220 e. The van der Waals surface area contributed by atoms with E-state index in [4.69, 9.17) is 23.2 Å². The standard InChI is InChI=1S/C10H7Cl2FO2/c1-5(14)9(13)10(15)6-2-3-7(11)8(12)4-6/h2-4,9H,1H3. The number of carbonyl (C=O) groups is 2. The molecule has 1 unspecified atom stereocenters. The van der Waals surface area contributed by atoms with E-state index in [1.807, 2.05) is 0 Å². The van der Waals surface area contributed by atoms with Crippen LogP contribution in [0.25, 0.3) is 0 Å². The van der Waals surface area contributed by atoms with Gasteiger partial charge in [-0.3, -0.25) is 9.59 Å². The molecule has 80 valence electrons. The molecule has 0 spiro atoms. The Hall–Kier alpha value is -0.930. The first-order valence-electron chi connectivity index (χ1n) is 4.07. The highest BCUT2D eigenvalue weighted by Crippen LogP contribution is 2.23. The minimum Gasteiger partial charge on any atom is -0.296 e. The lowest BCUT2D eigenvalue weighted by Crippen LogP contribution is -2.23. The Morgan fingerprint density at radius 1 is 1.27 bits per heavy atom. The van der Waals surface area contributed by atoms with Crippen LogP contribution in [0.15, 0.2) is 18.2 Å². The molecule has 0 saturated carbocycles. The fraction of sp³-hybridized carbons (Fsp3) is 0.200. The molecule has 1 atom stereocenters. The van der Waals surface area contributed by atoms with Crippen molar-refractivity contribution >= 4 is 34.8 Å². The second-order valence-electron chi connectivity index (χ2n) is 2.97. The Bertz CT molecular complexity index is 418. The Labute approximate surface area is 96.0 Å². The van der Waals surface area contributed by atoms with Gasteiger partial charge in [0.1, 0.15) is 0 Å². The van der Waals surface area contributed by atoms with Gasteiger partial charge in [-0.05, 0) is 25.1 Å². The number of hydrogen-bond donors (Lipinski definition) is 0. The lowest BCUT2D eigenvalue weighted by molar-refractivity contribution is -0.120. The lowest BCUT2D eigenvalue weighted by atomic mass is 10.1. The van der Waals surface area contributed by atoms with Gasteiger partial charge < -0.3 is 0 Å². The summed E-state index contributed by atoms with van der Waals surface area (Å²) in [7, 11) is 0. The number of benzene rings is 1. The van der Waals surface area contributed by atoms with Gasteiger partial charge in [0.05, 0.1) is 10.0 Å². The number of rotatable bonds is 3. The quantitative estimate of drug-likeness (QED) is 0.609. The first-order valence-corrected chi connectivity index (χ1v) is 4.83. The molecule has 15 heavy (non-hydrogen) atoms. The molecule has 2 nitrogen and oxygen atoms in total. The molecule has 5 heteroatoms. The highest BCUT2D eigenvalue weighted by atomic mass is 35.5. The van der Waals surface area contributed by atoms with Crippen molar-refractivity contribution < 1.29 is 14.0 Å². The third kappa shape index (κ3) is 2.76. The molecule has 0 N–H and O–H groups in total. The molecule has 0 aliphatic heterocycles. The van der Waals surface area contributed by atoms with Gasteiger partial charge in [0.25, 0.3) is 0 Å². The molecule has 0 bridgehead atoms. The SMILES string of the molecule is CC(=O)C(F)C(=O)c1ccc(Cl)c(Cl)c1. The highest BCUT2D eigenvalue weighted by Gasteiger charge is 2.23. The first-order chi connectivity index (χ1) is 6.93. The normalized spacial score (nSPS) is 12.3. The molecule has 1 aromatic carbocycles. The Morgan fingerprint density at radius 2 is 1.87 bits per heavy atom. The van der Waals surface area contributed by atoms with Gasteiger partial charge in [0, 0.05) is 5.56 Å². The van der Waals surface area contributed by atoms with E-state index in [1.165, 1.54) is 18.2 Å². The maximum atomic E-state index is 13.1. The summed E-state index contributed by atoms with van der Waals surface area (Å²) in [5.74, 6) is -1.73. The summed E-state index contributed by atoms with van der Waals surface area (Å²) in [6.07, 6.45) is -2.14. The van der Waals surface area contributed by atoms with E-state index in [-0.39, 0.29) is 15.6 Å². The van der Waals surface area contributed by atoms with Gasteiger partial charge in [-0.1, -0.05) is 23.2 Å². The van der Waals surface area contributed by atoms with Gasteiger partial charge in [0.15, 0.2) is 5.78 Å². The second-order valence-corrected chi connectivity index (χ2v) is 3.78.